The SMILES string of the molecule is CC(C)NC(=O)Nc1ccc(Oc2ccc(NC(=O)c3ccc(-n4cc(CN5CCN(C)CC5)c5ccccc54)cc3)cc2)cc1. The van der Waals surface area contributed by atoms with Crippen molar-refractivity contribution in [2.45, 2.75) is 26.4 Å². The number of urea groups is 1. The summed E-state index contributed by atoms with van der Waals surface area (Å²) in [6.07, 6.45) is 2.24. The summed E-state index contributed by atoms with van der Waals surface area (Å²) in [7, 11) is 2.18. The lowest BCUT2D eigenvalue weighted by Gasteiger charge is -2.32. The lowest BCUT2D eigenvalue weighted by molar-refractivity contribution is 0.102. The molecule has 3 N–H and O–H groups in total. The van der Waals surface area contributed by atoms with E-state index in [9.17, 15) is 9.59 Å². The minimum atomic E-state index is -0.252. The molecule has 0 unspecified atom stereocenters. The summed E-state index contributed by atoms with van der Waals surface area (Å²) in [5, 5.41) is 9.81. The van der Waals surface area contributed by atoms with Crippen LogP contribution < -0.4 is 20.7 Å². The largest absolute Gasteiger partial charge is 0.457 e. The highest BCUT2D eigenvalue weighted by atomic mass is 16.5. The highest BCUT2D eigenvalue weighted by Gasteiger charge is 2.17. The number of ether oxygens (including phenoxy) is 1. The second-order valence-corrected chi connectivity index (χ2v) is 12.0. The quantitative estimate of drug-likeness (QED) is 0.167. The molecule has 1 aliphatic heterocycles. The van der Waals surface area contributed by atoms with Crippen LogP contribution in [0.5, 0.6) is 11.5 Å². The summed E-state index contributed by atoms with van der Waals surface area (Å²) in [4.78, 5) is 29.9. The zero-order chi connectivity index (χ0) is 32.0. The van der Waals surface area contributed by atoms with Gasteiger partial charge in [0.05, 0.1) is 5.52 Å². The van der Waals surface area contributed by atoms with Gasteiger partial charge in [-0.3, -0.25) is 9.69 Å². The summed E-state index contributed by atoms with van der Waals surface area (Å²) in [5.74, 6) is 1.08. The molecule has 9 heteroatoms. The average Bonchev–Trinajstić information content (AvgIpc) is 3.42. The van der Waals surface area contributed by atoms with Gasteiger partial charge >= 0.3 is 6.03 Å². The molecule has 46 heavy (non-hydrogen) atoms. The van der Waals surface area contributed by atoms with Gasteiger partial charge in [-0.25, -0.2) is 4.79 Å². The molecule has 2 heterocycles. The van der Waals surface area contributed by atoms with E-state index in [1.54, 1.807) is 36.4 Å². The van der Waals surface area contributed by atoms with Crippen LogP contribution in [0.1, 0.15) is 29.8 Å². The van der Waals surface area contributed by atoms with Crippen molar-refractivity contribution in [3.8, 4) is 17.2 Å². The second kappa shape index (κ2) is 13.9. The lowest BCUT2D eigenvalue weighted by atomic mass is 10.1. The summed E-state index contributed by atoms with van der Waals surface area (Å²) in [6.45, 7) is 9.06. The first-order valence-electron chi connectivity index (χ1n) is 15.7. The van der Waals surface area contributed by atoms with Crippen LogP contribution in [0.25, 0.3) is 16.6 Å². The van der Waals surface area contributed by atoms with E-state index in [1.807, 2.05) is 50.2 Å². The zero-order valence-electron chi connectivity index (χ0n) is 26.5. The number of anilines is 2. The van der Waals surface area contributed by atoms with Crippen LogP contribution in [0.2, 0.25) is 0 Å². The third kappa shape index (κ3) is 7.56. The van der Waals surface area contributed by atoms with Crippen molar-refractivity contribution in [1.82, 2.24) is 19.7 Å². The van der Waals surface area contributed by atoms with Gasteiger partial charge < -0.3 is 30.2 Å². The van der Waals surface area contributed by atoms with Crippen LogP contribution in [0.3, 0.4) is 0 Å². The first-order valence-corrected chi connectivity index (χ1v) is 15.7. The van der Waals surface area contributed by atoms with Crippen LogP contribution in [-0.2, 0) is 6.54 Å². The maximum atomic E-state index is 13.1. The molecule has 1 saturated heterocycles. The Morgan fingerprint density at radius 1 is 0.761 bits per heavy atom. The van der Waals surface area contributed by atoms with Gasteiger partial charge in [0, 0.05) is 73.0 Å². The first kappa shape index (κ1) is 30.9. The predicted molar refractivity (Wildman–Crippen MR) is 184 cm³/mol. The Morgan fingerprint density at radius 2 is 1.37 bits per heavy atom. The Labute approximate surface area is 269 Å². The van der Waals surface area contributed by atoms with Crippen LogP contribution in [0.4, 0.5) is 16.2 Å². The fraction of sp³-hybridized carbons (Fsp3) is 0.243. The van der Waals surface area contributed by atoms with E-state index >= 15 is 0 Å². The third-order valence-corrected chi connectivity index (χ3v) is 8.07. The molecule has 3 amide bonds. The van der Waals surface area contributed by atoms with E-state index in [0.29, 0.717) is 28.4 Å². The fourth-order valence-corrected chi connectivity index (χ4v) is 5.59. The number of piperazine rings is 1. The number of para-hydroxylation sites is 1. The number of nitrogens with zero attached hydrogens (tertiary/aromatic N) is 3. The molecule has 0 bridgehead atoms. The van der Waals surface area contributed by atoms with E-state index in [1.165, 1.54) is 10.9 Å². The minimum absolute atomic E-state index is 0.0539. The molecular weight excluding hydrogens is 576 g/mol. The van der Waals surface area contributed by atoms with Crippen LogP contribution >= 0.6 is 0 Å². The highest BCUT2D eigenvalue weighted by Crippen LogP contribution is 2.28. The topological polar surface area (TPSA) is 90.9 Å². The average molecular weight is 617 g/mol. The monoisotopic (exact) mass is 616 g/mol. The molecule has 5 aromatic rings. The summed E-state index contributed by atoms with van der Waals surface area (Å²) in [6, 6.07) is 30.4. The van der Waals surface area contributed by atoms with Crippen LogP contribution in [0, 0.1) is 0 Å². The third-order valence-electron chi connectivity index (χ3n) is 8.07. The van der Waals surface area contributed by atoms with Crippen molar-refractivity contribution in [1.29, 1.82) is 0 Å². The lowest BCUT2D eigenvalue weighted by Crippen LogP contribution is -2.43. The number of rotatable bonds is 9. The van der Waals surface area contributed by atoms with E-state index in [4.69, 9.17) is 4.74 Å². The van der Waals surface area contributed by atoms with Gasteiger partial charge in [-0.15, -0.1) is 0 Å². The fourth-order valence-electron chi connectivity index (χ4n) is 5.59. The molecule has 6 rings (SSSR count). The Morgan fingerprint density at radius 3 is 2.00 bits per heavy atom. The predicted octanol–water partition coefficient (Wildman–Crippen LogP) is 6.95. The summed E-state index contributed by atoms with van der Waals surface area (Å²) < 4.78 is 8.15. The number of carbonyl (C=O) groups excluding carboxylic acids is 2. The van der Waals surface area contributed by atoms with Crippen molar-refractivity contribution in [3.05, 3.63) is 114 Å². The first-order chi connectivity index (χ1) is 22.3. The molecular formula is C37H40N6O3. The number of likely N-dealkylation sites (N-methyl/N-ethyl adjacent to an activating group) is 1. The molecule has 0 saturated carbocycles. The molecule has 0 atom stereocenters. The van der Waals surface area contributed by atoms with Gasteiger partial charge in [0.2, 0.25) is 0 Å². The number of nitrogens with one attached hydrogen (secondary N) is 3. The number of aromatic nitrogens is 1. The number of hydrogen-bond acceptors (Lipinski definition) is 5. The van der Waals surface area contributed by atoms with Crippen LogP contribution in [-0.4, -0.2) is 65.6 Å². The van der Waals surface area contributed by atoms with E-state index in [2.05, 4.69) is 67.8 Å². The molecule has 4 aromatic carbocycles. The number of carbonyl (C=O) groups is 2. The van der Waals surface area contributed by atoms with Gasteiger partial charge in [-0.2, -0.15) is 0 Å². The Hall–Kier alpha value is -5.12. The molecule has 0 aliphatic carbocycles. The van der Waals surface area contributed by atoms with E-state index in [-0.39, 0.29) is 18.0 Å². The molecule has 1 aliphatic rings. The van der Waals surface area contributed by atoms with Crippen molar-refractivity contribution in [2.75, 3.05) is 43.9 Å². The summed E-state index contributed by atoms with van der Waals surface area (Å²) in [5.41, 5.74) is 5.41. The number of hydrogen-bond donors (Lipinski definition) is 3. The molecule has 236 valence electrons. The van der Waals surface area contributed by atoms with Crippen molar-refractivity contribution in [3.63, 3.8) is 0 Å². The number of benzene rings is 4. The van der Waals surface area contributed by atoms with Gasteiger partial charge in [-0.1, -0.05) is 18.2 Å². The maximum absolute atomic E-state index is 13.1. The Bertz CT molecular complexity index is 1790. The summed E-state index contributed by atoms with van der Waals surface area (Å²) >= 11 is 0. The maximum Gasteiger partial charge on any atom is 0.319 e. The van der Waals surface area contributed by atoms with Crippen molar-refractivity contribution in [2.24, 2.45) is 0 Å². The van der Waals surface area contributed by atoms with Gasteiger partial charge in [0.25, 0.3) is 5.91 Å². The van der Waals surface area contributed by atoms with Crippen molar-refractivity contribution >= 4 is 34.2 Å². The van der Waals surface area contributed by atoms with E-state index in [0.717, 1.165) is 43.9 Å². The molecule has 9 nitrogen and oxygen atoms in total. The minimum Gasteiger partial charge on any atom is -0.457 e. The molecule has 1 fully saturated rings. The molecule has 0 spiro atoms. The van der Waals surface area contributed by atoms with Crippen LogP contribution in [0.15, 0.2) is 103 Å². The van der Waals surface area contributed by atoms with Gasteiger partial charge in [0.1, 0.15) is 11.5 Å². The number of amides is 3. The molecule has 0 radical (unpaired) electrons. The second-order valence-electron chi connectivity index (χ2n) is 12.0. The van der Waals surface area contributed by atoms with E-state index < -0.39 is 0 Å². The smallest absolute Gasteiger partial charge is 0.319 e. The highest BCUT2D eigenvalue weighted by molar-refractivity contribution is 6.04. The normalized spacial score (nSPS) is 13.9. The number of fused-ring (bicyclic) bond motifs is 1. The van der Waals surface area contributed by atoms with Gasteiger partial charge in [0.15, 0.2) is 0 Å². The zero-order valence-corrected chi connectivity index (χ0v) is 26.5. The Balaban J connectivity index is 1.07. The Kier molecular flexibility index (Phi) is 9.33. The molecule has 1 aromatic heterocycles. The van der Waals surface area contributed by atoms with Crippen molar-refractivity contribution < 1.29 is 14.3 Å². The van der Waals surface area contributed by atoms with Gasteiger partial charge in [-0.05, 0) is 105 Å². The standard InChI is InChI=1S/C37H40N6O3/c1-26(2)38-37(45)40-30-12-18-33(19-13-30)46-32-16-10-29(11-17-32)39-36(44)27-8-14-31(15-9-27)43-25-28(34-6-4-5-7-35(34)43)24-42-22-20-41(3)21-23-42/h4-19,25-26H,20-24H2,1-3H3,(H,39,44)(H2,38,40,45).